The van der Waals surface area contributed by atoms with Crippen LogP contribution in [-0.2, 0) is 60.3 Å². The van der Waals surface area contributed by atoms with Crippen LogP contribution in [0.3, 0.4) is 0 Å². The Morgan fingerprint density at radius 2 is 1.68 bits per heavy atom. The molecule has 60 heavy (non-hydrogen) atoms. The number of carboxylic acids is 1. The third-order valence-electron chi connectivity index (χ3n) is 7.91. The minimum absolute atomic E-state index is 0.0146. The quantitative estimate of drug-likeness (QED) is 0.0248. The first-order valence-corrected chi connectivity index (χ1v) is 22.7. The fourth-order valence-corrected chi connectivity index (χ4v) is 8.50. The number of carbonyl (C=O) groups is 5. The van der Waals surface area contributed by atoms with Crippen LogP contribution in [0.4, 0.5) is 5.82 Å². The number of nitrogens with two attached hydrogens (primary N) is 1. The molecule has 1 aliphatic heterocycles. The number of hydrogen-bond donors (Lipinski definition) is 10. The lowest BCUT2D eigenvalue weighted by Crippen LogP contribution is -2.46. The summed E-state index contributed by atoms with van der Waals surface area (Å²) in [5, 5.41) is 34.3. The Labute approximate surface area is 343 Å². The fourth-order valence-electron chi connectivity index (χ4n) is 4.98. The molecule has 2 unspecified atom stereocenters. The Morgan fingerprint density at radius 1 is 1.02 bits per heavy atom. The Hall–Kier alpha value is -3.56. The van der Waals surface area contributed by atoms with E-state index in [4.69, 9.17) is 24.6 Å². The van der Waals surface area contributed by atoms with Gasteiger partial charge in [0.05, 0.1) is 32.4 Å². The molecule has 1 aliphatic rings. The molecule has 2 aromatic rings. The summed E-state index contributed by atoms with van der Waals surface area (Å²) in [6.45, 7) is 0.113. The molecule has 27 nitrogen and oxygen atoms in total. The van der Waals surface area contributed by atoms with Gasteiger partial charge in [0.15, 0.2) is 22.8 Å². The van der Waals surface area contributed by atoms with Gasteiger partial charge in [-0.1, -0.05) is 37.8 Å². The van der Waals surface area contributed by atoms with Gasteiger partial charge in [0.2, 0.25) is 11.8 Å². The number of carbonyl (C=O) groups excluding carboxylic acids is 4. The number of anilines is 1. The third-order valence-corrected chi connectivity index (χ3v) is 11.9. The zero-order chi connectivity index (χ0) is 45.1. The molecular formula is C29H44N7O20P3S. The molecule has 2 amide bonds. The molecule has 0 saturated carbocycles. The molecular weight excluding hydrogens is 891 g/mol. The van der Waals surface area contributed by atoms with Gasteiger partial charge in [0.25, 0.3) is 0 Å². The summed E-state index contributed by atoms with van der Waals surface area (Å²) < 4.78 is 62.0. The van der Waals surface area contributed by atoms with Gasteiger partial charge in [-0.25, -0.2) is 28.6 Å². The van der Waals surface area contributed by atoms with Crippen molar-refractivity contribution in [2.45, 2.75) is 70.2 Å². The lowest BCUT2D eigenvalue weighted by atomic mass is 9.87. The summed E-state index contributed by atoms with van der Waals surface area (Å²) in [5.74, 6) is -2.96. The number of ketones is 1. The van der Waals surface area contributed by atoms with E-state index in [2.05, 4.69) is 34.4 Å². The molecule has 1 fully saturated rings. The Morgan fingerprint density at radius 3 is 2.35 bits per heavy atom. The molecule has 0 bridgehead atoms. The maximum atomic E-state index is 12.7. The van der Waals surface area contributed by atoms with Crippen molar-refractivity contribution in [2.75, 3.05) is 37.8 Å². The standard InChI is InChI=1S/C29H44N7O20P3S/c1-29(2,24(43)27(44)32-8-7-18(38)31-9-10-60-20(41)11-16(37)5-3-4-6-19(39)40)13-53-59(50,51)56-58(48,49)52-12-17-23(55-57(45,46)47)22(42)28(54-17)36-15-35-21-25(30)33-14-34-26(21)36/h3-4,14-15,17,22-24,28,42-43H,5-13H2,1-2H3,(H,31,38)(H,32,44)(H,39,40)(H,48,49)(H,50,51)(H2,30,33,34)(H2,45,46,47)/b4-3-/t17-,22-,23-,24+,28-/m1/s1. The highest BCUT2D eigenvalue weighted by Gasteiger charge is 2.50. The van der Waals surface area contributed by atoms with Crippen molar-refractivity contribution in [3.8, 4) is 0 Å². The molecule has 0 spiro atoms. The van der Waals surface area contributed by atoms with Crippen molar-refractivity contribution in [3.05, 3.63) is 24.8 Å². The van der Waals surface area contributed by atoms with Crippen LogP contribution in [0.1, 0.15) is 45.8 Å². The fraction of sp³-hybridized carbons (Fsp3) is 0.586. The van der Waals surface area contributed by atoms with Crippen molar-refractivity contribution < 1.29 is 95.2 Å². The predicted molar refractivity (Wildman–Crippen MR) is 203 cm³/mol. The smallest absolute Gasteiger partial charge is 0.481 e. The SMILES string of the molecule is CC(C)(COP(=O)(O)OP(=O)(O)OC[C@H]1O[C@@H](n2cnc3c(N)ncnc32)[C@H](O)[C@@H]1OP(=O)(O)O)[C@@H](O)C(=O)NCCC(=O)NCCSC(=O)CC(=O)C/C=C\CC(=O)O. The molecule has 7 atom stereocenters. The second kappa shape index (κ2) is 22.0. The van der Waals surface area contributed by atoms with E-state index in [1.807, 2.05) is 0 Å². The molecule has 31 heteroatoms. The number of nitrogen functional groups attached to an aromatic ring is 1. The number of amides is 2. The first-order valence-electron chi connectivity index (χ1n) is 17.2. The van der Waals surface area contributed by atoms with Gasteiger partial charge < -0.3 is 56.0 Å². The first kappa shape index (κ1) is 50.8. The molecule has 1 saturated heterocycles. The monoisotopic (exact) mass is 935 g/mol. The van der Waals surface area contributed by atoms with Gasteiger partial charge >= 0.3 is 29.4 Å². The highest BCUT2D eigenvalue weighted by atomic mass is 32.2. The van der Waals surface area contributed by atoms with Crippen LogP contribution < -0.4 is 16.4 Å². The van der Waals surface area contributed by atoms with Gasteiger partial charge in [-0.3, -0.25) is 42.1 Å². The molecule has 3 heterocycles. The number of aromatic nitrogens is 4. The lowest BCUT2D eigenvalue weighted by Gasteiger charge is -2.30. The third kappa shape index (κ3) is 16.4. The summed E-state index contributed by atoms with van der Waals surface area (Å²) in [7, 11) is -16.5. The minimum atomic E-state index is -5.60. The molecule has 0 aromatic carbocycles. The number of aliphatic carboxylic acids is 1. The zero-order valence-corrected chi connectivity index (χ0v) is 35.1. The molecule has 3 rings (SSSR count). The number of thioether (sulfide) groups is 1. The number of carboxylic acid groups (broad SMARTS) is 1. The number of phosphoric ester groups is 3. The van der Waals surface area contributed by atoms with Crippen LogP contribution in [0.5, 0.6) is 0 Å². The van der Waals surface area contributed by atoms with E-state index < -0.39 is 101 Å². The van der Waals surface area contributed by atoms with E-state index in [1.165, 1.54) is 26.0 Å². The van der Waals surface area contributed by atoms with Crippen molar-refractivity contribution >= 4 is 80.9 Å². The second-order valence-electron chi connectivity index (χ2n) is 13.3. The van der Waals surface area contributed by atoms with E-state index in [9.17, 15) is 67.5 Å². The topological polar surface area (TPSA) is 418 Å². The molecule has 0 aliphatic carbocycles. The Kier molecular flexibility index (Phi) is 18.6. The molecule has 2 aromatic heterocycles. The number of hydrogen-bond acceptors (Lipinski definition) is 20. The summed E-state index contributed by atoms with van der Waals surface area (Å²) in [6.07, 6.45) is -5.24. The Bertz CT molecular complexity index is 2050. The highest BCUT2D eigenvalue weighted by Crippen LogP contribution is 2.61. The second-order valence-corrected chi connectivity index (χ2v) is 18.7. The number of aliphatic hydroxyl groups is 2. The molecule has 0 radical (unpaired) electrons. The number of imidazole rings is 1. The lowest BCUT2D eigenvalue weighted by molar-refractivity contribution is -0.137. The zero-order valence-electron chi connectivity index (χ0n) is 31.6. The van der Waals surface area contributed by atoms with Crippen LogP contribution in [0.2, 0.25) is 0 Å². The largest absolute Gasteiger partial charge is 0.481 e. The van der Waals surface area contributed by atoms with Crippen LogP contribution in [0.25, 0.3) is 11.2 Å². The van der Waals surface area contributed by atoms with Crippen molar-refractivity contribution in [1.29, 1.82) is 0 Å². The maximum absolute atomic E-state index is 12.7. The number of phosphoric acid groups is 3. The first-order chi connectivity index (χ1) is 27.8. The number of Topliss-reactive ketones (excluding diaryl/α,β-unsaturated/α-hetero) is 1. The van der Waals surface area contributed by atoms with E-state index in [0.717, 1.165) is 29.0 Å². The number of fused-ring (bicyclic) bond motifs is 1. The number of nitrogens with one attached hydrogen (secondary N) is 2. The Balaban J connectivity index is 1.43. The number of ether oxygens (including phenoxy) is 1. The van der Waals surface area contributed by atoms with Crippen LogP contribution in [0.15, 0.2) is 24.8 Å². The van der Waals surface area contributed by atoms with Crippen LogP contribution >= 0.6 is 35.2 Å². The van der Waals surface area contributed by atoms with Crippen molar-refractivity contribution in [1.82, 2.24) is 30.2 Å². The average molecular weight is 936 g/mol. The molecule has 336 valence electrons. The normalized spacial score (nSPS) is 21.0. The summed E-state index contributed by atoms with van der Waals surface area (Å²) in [4.78, 5) is 110. The van der Waals surface area contributed by atoms with Gasteiger partial charge in [-0.2, -0.15) is 4.31 Å². The van der Waals surface area contributed by atoms with Gasteiger partial charge in [-0.15, -0.1) is 0 Å². The number of allylic oxidation sites excluding steroid dienone is 1. The van der Waals surface area contributed by atoms with E-state index in [0.29, 0.717) is 0 Å². The minimum Gasteiger partial charge on any atom is -0.481 e. The van der Waals surface area contributed by atoms with Gasteiger partial charge in [0.1, 0.15) is 42.0 Å². The van der Waals surface area contributed by atoms with E-state index in [1.54, 1.807) is 0 Å². The maximum Gasteiger partial charge on any atom is 0.481 e. The van der Waals surface area contributed by atoms with Crippen molar-refractivity contribution in [3.63, 3.8) is 0 Å². The summed E-state index contributed by atoms with van der Waals surface area (Å²) in [5.41, 5.74) is 4.18. The number of rotatable bonds is 25. The number of aliphatic hydroxyl groups excluding tert-OH is 2. The van der Waals surface area contributed by atoms with Crippen LogP contribution in [0, 0.1) is 5.41 Å². The van der Waals surface area contributed by atoms with E-state index >= 15 is 0 Å². The number of nitrogens with zero attached hydrogens (tertiary/aromatic N) is 4. The van der Waals surface area contributed by atoms with Crippen molar-refractivity contribution in [2.24, 2.45) is 5.41 Å². The highest BCUT2D eigenvalue weighted by molar-refractivity contribution is 8.13. The van der Waals surface area contributed by atoms with E-state index in [-0.39, 0.29) is 61.5 Å². The van der Waals surface area contributed by atoms with Crippen LogP contribution in [-0.4, -0.2) is 140 Å². The average Bonchev–Trinajstić information content (AvgIpc) is 3.69. The summed E-state index contributed by atoms with van der Waals surface area (Å²) >= 11 is 0.804. The van der Waals surface area contributed by atoms with Gasteiger partial charge in [0, 0.05) is 37.1 Å². The summed E-state index contributed by atoms with van der Waals surface area (Å²) in [6, 6.07) is 0. The predicted octanol–water partition coefficient (Wildman–Crippen LogP) is -0.955. The van der Waals surface area contributed by atoms with Gasteiger partial charge in [-0.05, 0) is 0 Å². The molecule has 11 N–H and O–H groups in total.